The fourth-order valence-electron chi connectivity index (χ4n) is 3.42. The molecule has 1 amide bonds. The van der Waals surface area contributed by atoms with Gasteiger partial charge in [-0.25, -0.2) is 4.98 Å². The number of nitrogens with one attached hydrogen (secondary N) is 2. The number of hydrogen-bond donors (Lipinski definition) is 2. The summed E-state index contributed by atoms with van der Waals surface area (Å²) in [5.41, 5.74) is 1.17. The molecule has 20 heavy (non-hydrogen) atoms. The third-order valence-electron chi connectivity index (χ3n) is 4.43. The van der Waals surface area contributed by atoms with Gasteiger partial charge >= 0.3 is 0 Å². The van der Waals surface area contributed by atoms with Crippen molar-refractivity contribution in [2.75, 3.05) is 0 Å². The Kier molecular flexibility index (Phi) is 2.73. The molecule has 5 heteroatoms. The maximum absolute atomic E-state index is 12.3. The Morgan fingerprint density at radius 2 is 2.40 bits per heavy atom. The zero-order valence-electron chi connectivity index (χ0n) is 11.1. The van der Waals surface area contributed by atoms with Crippen molar-refractivity contribution in [2.45, 2.75) is 43.8 Å². The topological polar surface area (TPSA) is 67.2 Å². The highest BCUT2D eigenvalue weighted by molar-refractivity contribution is 5.95. The number of amides is 1. The summed E-state index contributed by atoms with van der Waals surface area (Å²) in [6, 6.07) is 4.86. The predicted octanol–water partition coefficient (Wildman–Crippen LogP) is 1.84. The Morgan fingerprint density at radius 3 is 3.30 bits per heavy atom. The number of hydrogen-bond acceptors (Lipinski definition) is 4. The van der Waals surface area contributed by atoms with Gasteiger partial charge in [-0.15, -0.1) is 0 Å². The van der Waals surface area contributed by atoms with E-state index in [0.717, 1.165) is 18.2 Å². The van der Waals surface area contributed by atoms with E-state index in [-0.39, 0.29) is 11.9 Å². The van der Waals surface area contributed by atoms with Crippen LogP contribution in [0.2, 0.25) is 0 Å². The van der Waals surface area contributed by atoms with E-state index in [2.05, 4.69) is 15.6 Å². The first-order chi connectivity index (χ1) is 9.79. The summed E-state index contributed by atoms with van der Waals surface area (Å²) in [6.45, 7) is 0. The highest BCUT2D eigenvalue weighted by atomic mass is 16.3. The lowest BCUT2D eigenvalue weighted by atomic mass is 10.1. The SMILES string of the molecule is O=C(N[C@@H]1C[C@H]2CCC[C@@H]1N2)c1cc2ccoc2cn1. The van der Waals surface area contributed by atoms with E-state index in [0.29, 0.717) is 23.4 Å². The zero-order chi connectivity index (χ0) is 13.5. The smallest absolute Gasteiger partial charge is 0.270 e. The van der Waals surface area contributed by atoms with Crippen LogP contribution in [0.15, 0.2) is 29.0 Å². The predicted molar refractivity (Wildman–Crippen MR) is 74.4 cm³/mol. The van der Waals surface area contributed by atoms with E-state index in [1.165, 1.54) is 12.8 Å². The minimum absolute atomic E-state index is 0.0903. The summed E-state index contributed by atoms with van der Waals surface area (Å²) in [7, 11) is 0. The summed E-state index contributed by atoms with van der Waals surface area (Å²) in [5.74, 6) is -0.0903. The minimum Gasteiger partial charge on any atom is -0.463 e. The maximum Gasteiger partial charge on any atom is 0.270 e. The van der Waals surface area contributed by atoms with Crippen LogP contribution in [-0.4, -0.2) is 29.0 Å². The van der Waals surface area contributed by atoms with Gasteiger partial charge in [0.05, 0.1) is 12.5 Å². The molecule has 104 valence electrons. The van der Waals surface area contributed by atoms with Gasteiger partial charge in [-0.1, -0.05) is 6.42 Å². The molecule has 2 aliphatic rings. The second-order valence-corrected chi connectivity index (χ2v) is 5.74. The van der Waals surface area contributed by atoms with Gasteiger partial charge in [-0.2, -0.15) is 0 Å². The molecule has 0 spiro atoms. The van der Waals surface area contributed by atoms with Crippen molar-refractivity contribution in [3.63, 3.8) is 0 Å². The van der Waals surface area contributed by atoms with E-state index in [1.807, 2.05) is 6.07 Å². The number of carbonyl (C=O) groups excluding carboxylic acids is 1. The number of fused-ring (bicyclic) bond motifs is 3. The molecule has 4 heterocycles. The van der Waals surface area contributed by atoms with Crippen LogP contribution in [0.4, 0.5) is 0 Å². The van der Waals surface area contributed by atoms with Gasteiger partial charge in [0.1, 0.15) is 5.69 Å². The fraction of sp³-hybridized carbons (Fsp3) is 0.467. The quantitative estimate of drug-likeness (QED) is 0.874. The number of furan rings is 1. The van der Waals surface area contributed by atoms with Crippen molar-refractivity contribution in [3.05, 3.63) is 30.3 Å². The second kappa shape index (κ2) is 4.59. The first kappa shape index (κ1) is 11.9. The van der Waals surface area contributed by atoms with E-state index in [1.54, 1.807) is 18.5 Å². The summed E-state index contributed by atoms with van der Waals surface area (Å²) in [4.78, 5) is 16.5. The number of pyridine rings is 1. The molecular formula is C15H17N3O2. The highest BCUT2D eigenvalue weighted by Gasteiger charge is 2.37. The number of nitrogens with zero attached hydrogens (tertiary/aromatic N) is 1. The van der Waals surface area contributed by atoms with Crippen molar-refractivity contribution < 1.29 is 9.21 Å². The maximum atomic E-state index is 12.3. The Hall–Kier alpha value is -1.88. The van der Waals surface area contributed by atoms with Crippen LogP contribution in [0.5, 0.6) is 0 Å². The first-order valence-corrected chi connectivity index (χ1v) is 7.20. The number of carbonyl (C=O) groups is 1. The van der Waals surface area contributed by atoms with Gasteiger partial charge in [-0.3, -0.25) is 4.79 Å². The largest absolute Gasteiger partial charge is 0.463 e. The molecule has 0 saturated carbocycles. The minimum atomic E-state index is -0.0903. The second-order valence-electron chi connectivity index (χ2n) is 5.74. The third kappa shape index (κ3) is 1.98. The van der Waals surface area contributed by atoms with Gasteiger partial charge in [-0.05, 0) is 31.4 Å². The average Bonchev–Trinajstić information content (AvgIpc) is 3.03. The fourth-order valence-corrected chi connectivity index (χ4v) is 3.42. The molecule has 2 bridgehead atoms. The molecule has 0 aliphatic carbocycles. The number of piperidine rings is 1. The summed E-state index contributed by atoms with van der Waals surface area (Å²) >= 11 is 0. The summed E-state index contributed by atoms with van der Waals surface area (Å²) in [5, 5.41) is 7.61. The lowest BCUT2D eigenvalue weighted by Gasteiger charge is -2.23. The van der Waals surface area contributed by atoms with Gasteiger partial charge in [0.25, 0.3) is 5.91 Å². The number of rotatable bonds is 2. The molecule has 4 rings (SSSR count). The van der Waals surface area contributed by atoms with Gasteiger partial charge in [0, 0.05) is 23.5 Å². The van der Waals surface area contributed by atoms with Crippen molar-refractivity contribution in [1.82, 2.24) is 15.6 Å². The normalized spacial score (nSPS) is 28.7. The zero-order valence-corrected chi connectivity index (χ0v) is 11.1. The molecule has 0 radical (unpaired) electrons. The molecule has 3 atom stereocenters. The van der Waals surface area contributed by atoms with Crippen LogP contribution in [0.1, 0.15) is 36.2 Å². The Morgan fingerprint density at radius 1 is 1.45 bits per heavy atom. The summed E-state index contributed by atoms with van der Waals surface area (Å²) in [6.07, 6.45) is 7.88. The highest BCUT2D eigenvalue weighted by Crippen LogP contribution is 2.27. The lowest BCUT2D eigenvalue weighted by molar-refractivity contribution is 0.0928. The van der Waals surface area contributed by atoms with Crippen LogP contribution in [-0.2, 0) is 0 Å². The van der Waals surface area contributed by atoms with Gasteiger partial charge < -0.3 is 15.1 Å². The molecular weight excluding hydrogens is 254 g/mol. The molecule has 2 saturated heterocycles. The Bertz CT molecular complexity index is 651. The van der Waals surface area contributed by atoms with Crippen molar-refractivity contribution >= 4 is 16.9 Å². The molecule has 5 nitrogen and oxygen atoms in total. The van der Waals surface area contributed by atoms with Gasteiger partial charge in [0.15, 0.2) is 5.58 Å². The van der Waals surface area contributed by atoms with Crippen molar-refractivity contribution in [1.29, 1.82) is 0 Å². The van der Waals surface area contributed by atoms with Crippen molar-refractivity contribution in [2.24, 2.45) is 0 Å². The Labute approximate surface area is 116 Å². The van der Waals surface area contributed by atoms with E-state index in [9.17, 15) is 4.79 Å². The monoisotopic (exact) mass is 271 g/mol. The van der Waals surface area contributed by atoms with E-state index in [4.69, 9.17) is 4.42 Å². The summed E-state index contributed by atoms with van der Waals surface area (Å²) < 4.78 is 5.24. The molecule has 2 fully saturated rings. The molecule has 2 aliphatic heterocycles. The third-order valence-corrected chi connectivity index (χ3v) is 4.43. The lowest BCUT2D eigenvalue weighted by Crippen LogP contribution is -2.44. The van der Waals surface area contributed by atoms with E-state index < -0.39 is 0 Å². The van der Waals surface area contributed by atoms with Crippen LogP contribution in [0.3, 0.4) is 0 Å². The molecule has 2 N–H and O–H groups in total. The van der Waals surface area contributed by atoms with Crippen molar-refractivity contribution in [3.8, 4) is 0 Å². The van der Waals surface area contributed by atoms with Crippen LogP contribution in [0, 0.1) is 0 Å². The van der Waals surface area contributed by atoms with Crippen LogP contribution >= 0.6 is 0 Å². The molecule has 2 aromatic heterocycles. The standard InChI is InChI=1S/C15H17N3O2/c19-15(13-6-9-4-5-20-14(9)8-16-13)18-12-7-10-2-1-3-11(12)17-10/h4-6,8,10-12,17H,1-3,7H2,(H,18,19)/t10-,11+,12-/m1/s1. The number of aromatic nitrogens is 1. The van der Waals surface area contributed by atoms with Gasteiger partial charge in [0.2, 0.25) is 0 Å². The molecule has 2 aromatic rings. The first-order valence-electron chi connectivity index (χ1n) is 7.20. The van der Waals surface area contributed by atoms with Crippen LogP contribution in [0.25, 0.3) is 11.0 Å². The van der Waals surface area contributed by atoms with Crippen LogP contribution < -0.4 is 10.6 Å². The Balaban J connectivity index is 1.52. The molecule has 0 unspecified atom stereocenters. The average molecular weight is 271 g/mol. The van der Waals surface area contributed by atoms with E-state index >= 15 is 0 Å². The molecule has 0 aromatic carbocycles.